The Morgan fingerprint density at radius 3 is 2.00 bits per heavy atom. The molecular weight excluding hydrogens is 194 g/mol. The van der Waals surface area contributed by atoms with E-state index in [1.54, 1.807) is 0 Å². The Labute approximate surface area is 102 Å². The SMILES string of the molecule is CC(C)(C)CNC1CCCCC1C(C)(C)C. The summed E-state index contributed by atoms with van der Waals surface area (Å²) in [5, 5.41) is 3.82. The molecule has 0 aliphatic heterocycles. The van der Waals surface area contributed by atoms with E-state index in [0.717, 1.165) is 18.5 Å². The minimum atomic E-state index is 0.403. The molecule has 0 aromatic rings. The van der Waals surface area contributed by atoms with E-state index in [1.165, 1.54) is 25.7 Å². The van der Waals surface area contributed by atoms with Gasteiger partial charge >= 0.3 is 0 Å². The maximum atomic E-state index is 3.82. The molecule has 96 valence electrons. The van der Waals surface area contributed by atoms with Crippen molar-refractivity contribution < 1.29 is 0 Å². The third kappa shape index (κ3) is 4.45. The van der Waals surface area contributed by atoms with Crippen molar-refractivity contribution in [3.8, 4) is 0 Å². The topological polar surface area (TPSA) is 12.0 Å². The van der Waals surface area contributed by atoms with Crippen LogP contribution in [0.5, 0.6) is 0 Å². The van der Waals surface area contributed by atoms with Gasteiger partial charge in [-0.05, 0) is 29.6 Å². The molecule has 1 saturated carbocycles. The van der Waals surface area contributed by atoms with E-state index in [0.29, 0.717) is 10.8 Å². The van der Waals surface area contributed by atoms with Crippen LogP contribution >= 0.6 is 0 Å². The molecule has 0 radical (unpaired) electrons. The van der Waals surface area contributed by atoms with Gasteiger partial charge in [0.15, 0.2) is 0 Å². The minimum Gasteiger partial charge on any atom is -0.313 e. The van der Waals surface area contributed by atoms with Crippen molar-refractivity contribution in [2.24, 2.45) is 16.7 Å². The second-order valence-corrected chi connectivity index (χ2v) is 7.81. The predicted molar refractivity (Wildman–Crippen MR) is 72.7 cm³/mol. The van der Waals surface area contributed by atoms with E-state index in [-0.39, 0.29) is 0 Å². The first-order chi connectivity index (χ1) is 7.20. The summed E-state index contributed by atoms with van der Waals surface area (Å²) in [4.78, 5) is 0. The van der Waals surface area contributed by atoms with Crippen molar-refractivity contribution in [3.05, 3.63) is 0 Å². The molecule has 1 rings (SSSR count). The van der Waals surface area contributed by atoms with Crippen LogP contribution in [0.3, 0.4) is 0 Å². The first kappa shape index (κ1) is 14.0. The average molecular weight is 225 g/mol. The summed E-state index contributed by atoms with van der Waals surface area (Å²) in [6.45, 7) is 15.3. The first-order valence-electron chi connectivity index (χ1n) is 6.93. The second kappa shape index (κ2) is 5.08. The zero-order valence-electron chi connectivity index (χ0n) is 12.2. The van der Waals surface area contributed by atoms with Crippen LogP contribution in [0.1, 0.15) is 67.2 Å². The maximum absolute atomic E-state index is 3.82. The quantitative estimate of drug-likeness (QED) is 0.741. The Morgan fingerprint density at radius 1 is 0.938 bits per heavy atom. The molecular formula is C15H31N. The van der Waals surface area contributed by atoms with Gasteiger partial charge in [0.2, 0.25) is 0 Å². The summed E-state index contributed by atoms with van der Waals surface area (Å²) in [7, 11) is 0. The zero-order chi connectivity index (χ0) is 12.4. The molecule has 0 bridgehead atoms. The summed E-state index contributed by atoms with van der Waals surface area (Å²) in [5.74, 6) is 0.851. The lowest BCUT2D eigenvalue weighted by Crippen LogP contribution is -2.46. The molecule has 2 unspecified atom stereocenters. The summed E-state index contributed by atoms with van der Waals surface area (Å²) in [6.07, 6.45) is 5.62. The van der Waals surface area contributed by atoms with Crippen molar-refractivity contribution in [1.82, 2.24) is 5.32 Å². The van der Waals surface area contributed by atoms with Gasteiger partial charge in [0, 0.05) is 12.6 Å². The summed E-state index contributed by atoms with van der Waals surface area (Å²) in [5.41, 5.74) is 0.857. The summed E-state index contributed by atoms with van der Waals surface area (Å²) < 4.78 is 0. The first-order valence-corrected chi connectivity index (χ1v) is 6.93. The predicted octanol–water partition coefficient (Wildman–Crippen LogP) is 4.23. The van der Waals surface area contributed by atoms with Crippen LogP contribution in [0.2, 0.25) is 0 Å². The lowest BCUT2D eigenvalue weighted by atomic mass is 9.69. The molecule has 0 aromatic carbocycles. The lowest BCUT2D eigenvalue weighted by molar-refractivity contribution is 0.124. The van der Waals surface area contributed by atoms with Gasteiger partial charge < -0.3 is 5.32 Å². The van der Waals surface area contributed by atoms with Crippen LogP contribution in [-0.4, -0.2) is 12.6 Å². The van der Waals surface area contributed by atoms with Gasteiger partial charge in [0.05, 0.1) is 0 Å². The van der Waals surface area contributed by atoms with Crippen molar-refractivity contribution in [2.45, 2.75) is 73.3 Å². The van der Waals surface area contributed by atoms with Crippen molar-refractivity contribution in [3.63, 3.8) is 0 Å². The molecule has 2 atom stereocenters. The number of rotatable bonds is 2. The standard InChI is InChI=1S/C15H31N/c1-14(2,3)11-16-13-10-8-7-9-12(13)15(4,5)6/h12-13,16H,7-11H2,1-6H3. The van der Waals surface area contributed by atoms with Gasteiger partial charge in [-0.2, -0.15) is 0 Å². The fourth-order valence-corrected chi connectivity index (χ4v) is 2.85. The van der Waals surface area contributed by atoms with E-state index >= 15 is 0 Å². The van der Waals surface area contributed by atoms with Crippen LogP contribution in [0, 0.1) is 16.7 Å². The molecule has 0 aromatic heterocycles. The van der Waals surface area contributed by atoms with Crippen molar-refractivity contribution in [1.29, 1.82) is 0 Å². The van der Waals surface area contributed by atoms with Crippen LogP contribution in [0.4, 0.5) is 0 Å². The Balaban J connectivity index is 2.54. The Kier molecular flexibility index (Phi) is 4.45. The van der Waals surface area contributed by atoms with Gasteiger partial charge in [-0.1, -0.05) is 54.4 Å². The van der Waals surface area contributed by atoms with Crippen molar-refractivity contribution >= 4 is 0 Å². The fraction of sp³-hybridized carbons (Fsp3) is 1.00. The van der Waals surface area contributed by atoms with Gasteiger partial charge in [-0.3, -0.25) is 0 Å². The van der Waals surface area contributed by atoms with Gasteiger partial charge in [-0.25, -0.2) is 0 Å². The highest BCUT2D eigenvalue weighted by atomic mass is 14.9. The third-order valence-corrected chi connectivity index (χ3v) is 3.77. The molecule has 1 fully saturated rings. The molecule has 0 heterocycles. The summed E-state index contributed by atoms with van der Waals surface area (Å²) in [6, 6.07) is 0.743. The summed E-state index contributed by atoms with van der Waals surface area (Å²) >= 11 is 0. The number of nitrogens with one attached hydrogen (secondary N) is 1. The smallest absolute Gasteiger partial charge is 0.0100 e. The highest BCUT2D eigenvalue weighted by Crippen LogP contribution is 2.38. The lowest BCUT2D eigenvalue weighted by Gasteiger charge is -2.42. The van der Waals surface area contributed by atoms with E-state index in [9.17, 15) is 0 Å². The minimum absolute atomic E-state index is 0.403. The van der Waals surface area contributed by atoms with Crippen LogP contribution in [0.25, 0.3) is 0 Å². The third-order valence-electron chi connectivity index (χ3n) is 3.77. The number of hydrogen-bond acceptors (Lipinski definition) is 1. The van der Waals surface area contributed by atoms with Gasteiger partial charge in [-0.15, -0.1) is 0 Å². The van der Waals surface area contributed by atoms with Gasteiger partial charge in [0.1, 0.15) is 0 Å². The van der Waals surface area contributed by atoms with E-state index in [2.05, 4.69) is 46.9 Å². The second-order valence-electron chi connectivity index (χ2n) is 7.81. The molecule has 0 spiro atoms. The van der Waals surface area contributed by atoms with Crippen molar-refractivity contribution in [2.75, 3.05) is 6.54 Å². The Bertz CT molecular complexity index is 206. The largest absolute Gasteiger partial charge is 0.313 e. The Hall–Kier alpha value is -0.0400. The number of hydrogen-bond donors (Lipinski definition) is 1. The molecule has 1 heteroatoms. The fourth-order valence-electron chi connectivity index (χ4n) is 2.85. The average Bonchev–Trinajstić information content (AvgIpc) is 2.12. The molecule has 1 aliphatic rings. The zero-order valence-corrected chi connectivity index (χ0v) is 12.2. The highest BCUT2D eigenvalue weighted by Gasteiger charge is 2.34. The van der Waals surface area contributed by atoms with E-state index < -0.39 is 0 Å². The molecule has 1 aliphatic carbocycles. The van der Waals surface area contributed by atoms with Gasteiger partial charge in [0.25, 0.3) is 0 Å². The maximum Gasteiger partial charge on any atom is 0.0100 e. The van der Waals surface area contributed by atoms with Crippen LogP contribution in [0.15, 0.2) is 0 Å². The van der Waals surface area contributed by atoms with Crippen LogP contribution in [-0.2, 0) is 0 Å². The molecule has 16 heavy (non-hydrogen) atoms. The Morgan fingerprint density at radius 2 is 1.50 bits per heavy atom. The van der Waals surface area contributed by atoms with E-state index in [4.69, 9.17) is 0 Å². The monoisotopic (exact) mass is 225 g/mol. The van der Waals surface area contributed by atoms with E-state index in [1.807, 2.05) is 0 Å². The molecule has 0 saturated heterocycles. The molecule has 0 amide bonds. The highest BCUT2D eigenvalue weighted by molar-refractivity contribution is 4.88. The van der Waals surface area contributed by atoms with Crippen LogP contribution < -0.4 is 5.32 Å². The molecule has 1 nitrogen and oxygen atoms in total. The molecule has 1 N–H and O–H groups in total. The normalized spacial score (nSPS) is 28.1.